The minimum atomic E-state index is 0.160. The number of nitrogens with one attached hydrogen (secondary N) is 1. The molecule has 1 heterocycles. The smallest absolute Gasteiger partial charge is 0.163 e. The Balaban J connectivity index is 1.97. The van der Waals surface area contributed by atoms with Crippen molar-refractivity contribution in [3.05, 3.63) is 23.8 Å². The van der Waals surface area contributed by atoms with Crippen molar-refractivity contribution in [3.8, 4) is 11.5 Å². The van der Waals surface area contributed by atoms with Gasteiger partial charge in [0.15, 0.2) is 5.78 Å². The molecule has 4 heteroatoms. The second-order valence-electron chi connectivity index (χ2n) is 5.28. The molecule has 110 valence electrons. The summed E-state index contributed by atoms with van der Waals surface area (Å²) in [5, 5.41) is 3.38. The van der Waals surface area contributed by atoms with Gasteiger partial charge in [-0.05, 0) is 50.4 Å². The summed E-state index contributed by atoms with van der Waals surface area (Å²) in [7, 11) is 3.19. The standard InChI is InChI=1S/C16H23NO3/c1-19-14-8-13(9-15(10-14)20-2)16(18)6-5-12-4-3-7-17-11-12/h8-10,12,17H,3-7,11H2,1-2H3. The van der Waals surface area contributed by atoms with Gasteiger partial charge < -0.3 is 14.8 Å². The molecule has 1 saturated heterocycles. The molecular weight excluding hydrogens is 254 g/mol. The van der Waals surface area contributed by atoms with Gasteiger partial charge in [-0.3, -0.25) is 4.79 Å². The summed E-state index contributed by atoms with van der Waals surface area (Å²) in [6.07, 6.45) is 3.97. The highest BCUT2D eigenvalue weighted by Crippen LogP contribution is 2.24. The van der Waals surface area contributed by atoms with E-state index in [1.165, 1.54) is 12.8 Å². The molecule has 1 fully saturated rings. The summed E-state index contributed by atoms with van der Waals surface area (Å²) >= 11 is 0. The second-order valence-corrected chi connectivity index (χ2v) is 5.28. The van der Waals surface area contributed by atoms with Crippen LogP contribution in [0.2, 0.25) is 0 Å². The van der Waals surface area contributed by atoms with Crippen molar-refractivity contribution < 1.29 is 14.3 Å². The average molecular weight is 277 g/mol. The van der Waals surface area contributed by atoms with Crippen LogP contribution in [0.1, 0.15) is 36.0 Å². The molecule has 1 aromatic carbocycles. The van der Waals surface area contributed by atoms with Crippen molar-refractivity contribution in [2.24, 2.45) is 5.92 Å². The lowest BCUT2D eigenvalue weighted by molar-refractivity contribution is 0.0970. The highest BCUT2D eigenvalue weighted by Gasteiger charge is 2.16. The van der Waals surface area contributed by atoms with Gasteiger partial charge in [0.05, 0.1) is 14.2 Å². The summed E-state index contributed by atoms with van der Waals surface area (Å²) < 4.78 is 10.4. The quantitative estimate of drug-likeness (QED) is 0.812. The van der Waals surface area contributed by atoms with Crippen LogP contribution >= 0.6 is 0 Å². The van der Waals surface area contributed by atoms with E-state index in [-0.39, 0.29) is 5.78 Å². The van der Waals surface area contributed by atoms with Crippen LogP contribution in [-0.4, -0.2) is 33.1 Å². The number of piperidine rings is 1. The Labute approximate surface area is 120 Å². The molecule has 1 atom stereocenters. The van der Waals surface area contributed by atoms with E-state index in [4.69, 9.17) is 9.47 Å². The first kappa shape index (κ1) is 14.9. The van der Waals surface area contributed by atoms with Crippen LogP contribution in [0.15, 0.2) is 18.2 Å². The first-order valence-corrected chi connectivity index (χ1v) is 7.20. The van der Waals surface area contributed by atoms with Crippen LogP contribution in [0.25, 0.3) is 0 Å². The first-order chi connectivity index (χ1) is 9.72. The van der Waals surface area contributed by atoms with Crippen LogP contribution in [0.3, 0.4) is 0 Å². The van der Waals surface area contributed by atoms with E-state index in [1.54, 1.807) is 32.4 Å². The predicted octanol–water partition coefficient (Wildman–Crippen LogP) is 2.67. The minimum Gasteiger partial charge on any atom is -0.497 e. The number of benzene rings is 1. The Morgan fingerprint density at radius 3 is 2.50 bits per heavy atom. The molecular formula is C16H23NO3. The predicted molar refractivity (Wildman–Crippen MR) is 78.7 cm³/mol. The summed E-state index contributed by atoms with van der Waals surface area (Å²) in [6.45, 7) is 2.15. The number of hydrogen-bond donors (Lipinski definition) is 1. The molecule has 4 nitrogen and oxygen atoms in total. The molecule has 1 aliphatic rings. The number of methoxy groups -OCH3 is 2. The van der Waals surface area contributed by atoms with Crippen LogP contribution in [-0.2, 0) is 0 Å². The van der Waals surface area contributed by atoms with Crippen molar-refractivity contribution in [1.29, 1.82) is 0 Å². The van der Waals surface area contributed by atoms with Gasteiger partial charge in [-0.1, -0.05) is 0 Å². The summed E-state index contributed by atoms with van der Waals surface area (Å²) in [5.41, 5.74) is 0.671. The van der Waals surface area contributed by atoms with E-state index in [1.807, 2.05) is 0 Å². The number of rotatable bonds is 6. The molecule has 0 bridgehead atoms. The zero-order valence-corrected chi connectivity index (χ0v) is 12.3. The topological polar surface area (TPSA) is 47.6 Å². The van der Waals surface area contributed by atoms with E-state index >= 15 is 0 Å². The third kappa shape index (κ3) is 3.97. The second kappa shape index (κ2) is 7.29. The number of carbonyl (C=O) groups is 1. The van der Waals surface area contributed by atoms with Gasteiger partial charge >= 0.3 is 0 Å². The number of ether oxygens (including phenoxy) is 2. The third-order valence-electron chi connectivity index (χ3n) is 3.85. The molecule has 0 amide bonds. The van der Waals surface area contributed by atoms with Gasteiger partial charge in [-0.2, -0.15) is 0 Å². The first-order valence-electron chi connectivity index (χ1n) is 7.20. The third-order valence-corrected chi connectivity index (χ3v) is 3.85. The number of ketones is 1. The van der Waals surface area contributed by atoms with Crippen molar-refractivity contribution in [2.75, 3.05) is 27.3 Å². The van der Waals surface area contributed by atoms with Gasteiger partial charge in [0.1, 0.15) is 11.5 Å². The Morgan fingerprint density at radius 1 is 1.25 bits per heavy atom. The molecule has 1 N–H and O–H groups in total. The molecule has 20 heavy (non-hydrogen) atoms. The molecule has 0 aromatic heterocycles. The maximum Gasteiger partial charge on any atom is 0.163 e. The number of carbonyl (C=O) groups excluding carboxylic acids is 1. The average Bonchev–Trinajstić information content (AvgIpc) is 2.52. The largest absolute Gasteiger partial charge is 0.497 e. The lowest BCUT2D eigenvalue weighted by atomic mass is 9.92. The maximum absolute atomic E-state index is 12.3. The molecule has 1 aliphatic heterocycles. The molecule has 0 spiro atoms. The Kier molecular flexibility index (Phi) is 5.41. The normalized spacial score (nSPS) is 18.6. The fraction of sp³-hybridized carbons (Fsp3) is 0.562. The SMILES string of the molecule is COc1cc(OC)cc(C(=O)CCC2CCCNC2)c1. The minimum absolute atomic E-state index is 0.160. The Hall–Kier alpha value is -1.55. The monoisotopic (exact) mass is 277 g/mol. The zero-order chi connectivity index (χ0) is 14.4. The van der Waals surface area contributed by atoms with Crippen molar-refractivity contribution in [1.82, 2.24) is 5.32 Å². The number of Topliss-reactive ketones (excluding diaryl/α,β-unsaturated/α-hetero) is 1. The summed E-state index contributed by atoms with van der Waals surface area (Å²) in [4.78, 5) is 12.3. The van der Waals surface area contributed by atoms with E-state index < -0.39 is 0 Å². The molecule has 0 aliphatic carbocycles. The van der Waals surface area contributed by atoms with Gasteiger partial charge in [-0.15, -0.1) is 0 Å². The summed E-state index contributed by atoms with van der Waals surface area (Å²) in [5.74, 6) is 2.10. The molecule has 0 radical (unpaired) electrons. The van der Waals surface area contributed by atoms with Gasteiger partial charge in [-0.25, -0.2) is 0 Å². The lowest BCUT2D eigenvalue weighted by Gasteiger charge is -2.22. The van der Waals surface area contributed by atoms with Crippen molar-refractivity contribution >= 4 is 5.78 Å². The van der Waals surface area contributed by atoms with E-state index in [2.05, 4.69) is 5.32 Å². The highest BCUT2D eigenvalue weighted by molar-refractivity contribution is 5.96. The van der Waals surface area contributed by atoms with Crippen LogP contribution in [0.5, 0.6) is 11.5 Å². The molecule has 0 saturated carbocycles. The lowest BCUT2D eigenvalue weighted by Crippen LogP contribution is -2.30. The Morgan fingerprint density at radius 2 is 1.95 bits per heavy atom. The van der Waals surface area contributed by atoms with Crippen LogP contribution in [0.4, 0.5) is 0 Å². The van der Waals surface area contributed by atoms with Crippen LogP contribution in [0, 0.1) is 5.92 Å². The molecule has 1 unspecified atom stereocenters. The van der Waals surface area contributed by atoms with Crippen molar-refractivity contribution in [2.45, 2.75) is 25.7 Å². The van der Waals surface area contributed by atoms with Crippen molar-refractivity contribution in [3.63, 3.8) is 0 Å². The van der Waals surface area contributed by atoms with Gasteiger partial charge in [0.25, 0.3) is 0 Å². The molecule has 1 aromatic rings. The zero-order valence-electron chi connectivity index (χ0n) is 12.3. The number of hydrogen-bond acceptors (Lipinski definition) is 4. The highest BCUT2D eigenvalue weighted by atomic mass is 16.5. The van der Waals surface area contributed by atoms with E-state index in [0.29, 0.717) is 29.4 Å². The fourth-order valence-electron chi connectivity index (χ4n) is 2.62. The van der Waals surface area contributed by atoms with Gasteiger partial charge in [0, 0.05) is 18.1 Å². The van der Waals surface area contributed by atoms with Crippen LogP contribution < -0.4 is 14.8 Å². The van der Waals surface area contributed by atoms with E-state index in [9.17, 15) is 4.79 Å². The molecule has 2 rings (SSSR count). The Bertz CT molecular complexity index is 431. The summed E-state index contributed by atoms with van der Waals surface area (Å²) in [6, 6.07) is 5.34. The fourth-order valence-corrected chi connectivity index (χ4v) is 2.62. The van der Waals surface area contributed by atoms with Gasteiger partial charge in [0.2, 0.25) is 0 Å². The maximum atomic E-state index is 12.3. The van der Waals surface area contributed by atoms with E-state index in [0.717, 1.165) is 19.5 Å².